The van der Waals surface area contributed by atoms with E-state index in [1.54, 1.807) is 76.8 Å². The van der Waals surface area contributed by atoms with Gasteiger partial charge in [-0.05, 0) is 59.7 Å². The fraction of sp³-hybridized carbons (Fsp3) is 0.205. The van der Waals surface area contributed by atoms with Crippen molar-refractivity contribution in [3.8, 4) is 11.5 Å². The van der Waals surface area contributed by atoms with Crippen molar-refractivity contribution in [2.75, 3.05) is 38.1 Å². The lowest BCUT2D eigenvalue weighted by Crippen LogP contribution is -2.49. The Balaban J connectivity index is 1.32. The van der Waals surface area contributed by atoms with Gasteiger partial charge in [-0.1, -0.05) is 65.8 Å². The molecule has 0 aliphatic rings. The highest BCUT2D eigenvalue weighted by Crippen LogP contribution is 2.21. The van der Waals surface area contributed by atoms with Crippen LogP contribution in [0.5, 0.6) is 11.5 Å². The van der Waals surface area contributed by atoms with Crippen LogP contribution in [-0.4, -0.2) is 69.2 Å². The van der Waals surface area contributed by atoms with Crippen molar-refractivity contribution < 1.29 is 33.2 Å². The van der Waals surface area contributed by atoms with Gasteiger partial charge in [0.25, 0.3) is 11.8 Å². The second kappa shape index (κ2) is 16.8. The average Bonchev–Trinajstić information content (AvgIpc) is 3.68. The molecule has 0 aliphatic carbocycles. The van der Waals surface area contributed by atoms with Crippen molar-refractivity contribution in [1.29, 1.82) is 0 Å². The van der Waals surface area contributed by atoms with E-state index in [2.05, 4.69) is 15.8 Å². The Morgan fingerprint density at radius 3 is 1.45 bits per heavy atom. The molecule has 1 heterocycles. The van der Waals surface area contributed by atoms with Gasteiger partial charge in [-0.15, -0.1) is 0 Å². The van der Waals surface area contributed by atoms with Crippen molar-refractivity contribution in [3.63, 3.8) is 0 Å². The van der Waals surface area contributed by atoms with E-state index in [1.807, 2.05) is 60.7 Å². The lowest BCUT2D eigenvalue weighted by atomic mass is 10.0. The Kier molecular flexibility index (Phi) is 11.8. The lowest BCUT2D eigenvalue weighted by Gasteiger charge is -2.25. The molecule has 0 saturated heterocycles. The maximum absolute atomic E-state index is 13.7. The summed E-state index contributed by atoms with van der Waals surface area (Å²) in [6, 6.07) is 31.6. The third kappa shape index (κ3) is 9.18. The van der Waals surface area contributed by atoms with Crippen molar-refractivity contribution >= 4 is 35.0 Å². The van der Waals surface area contributed by atoms with E-state index < -0.39 is 23.9 Å². The second-order valence-corrected chi connectivity index (χ2v) is 11.7. The summed E-state index contributed by atoms with van der Waals surface area (Å²) in [6.45, 7) is 0. The van der Waals surface area contributed by atoms with Gasteiger partial charge in [0.05, 0.1) is 14.2 Å². The fourth-order valence-corrected chi connectivity index (χ4v) is 5.38. The molecule has 4 aromatic carbocycles. The summed E-state index contributed by atoms with van der Waals surface area (Å²) < 4.78 is 15.7. The predicted octanol–water partition coefficient (Wildman–Crippen LogP) is 4.70. The first-order valence-corrected chi connectivity index (χ1v) is 16.2. The standard InChI is InChI=1S/C39H39N5O7/c1-43(28-15-19-30(49-3)20-16-28)38(47)33(23-26-11-7-5-8-12-26)40-36(45)32-25-35(51-42-32)37(46)41-34(24-27-13-9-6-10-14-27)39(48)44(2)29-17-21-31(50-4)22-18-29/h5-22,25,33-34H,23-24H2,1-4H3,(H,40,45)(H,41,46)/t33-,34?/m0/s1. The first-order chi connectivity index (χ1) is 24.7. The maximum Gasteiger partial charge on any atom is 0.290 e. The number of amides is 4. The van der Waals surface area contributed by atoms with Crippen LogP contribution in [0.25, 0.3) is 0 Å². The van der Waals surface area contributed by atoms with Crippen molar-refractivity contribution in [3.05, 3.63) is 138 Å². The molecule has 2 N–H and O–H groups in total. The number of nitrogens with one attached hydrogen (secondary N) is 2. The number of methoxy groups -OCH3 is 2. The molecule has 1 unspecified atom stereocenters. The van der Waals surface area contributed by atoms with Gasteiger partial charge in [-0.25, -0.2) is 0 Å². The number of anilines is 2. The molecule has 51 heavy (non-hydrogen) atoms. The summed E-state index contributed by atoms with van der Waals surface area (Å²) in [7, 11) is 6.34. The number of benzene rings is 4. The van der Waals surface area contributed by atoms with Crippen LogP contribution in [0.2, 0.25) is 0 Å². The SMILES string of the molecule is COc1ccc(N(C)C(=O)C(Cc2ccccc2)NC(=O)c2cc(C(=O)N[C@@H](Cc3ccccc3)C(=O)N(C)c3ccc(OC)cc3)no2)cc1. The molecule has 0 fully saturated rings. The largest absolute Gasteiger partial charge is 0.497 e. The normalized spacial score (nSPS) is 11.8. The Labute approximate surface area is 295 Å². The number of nitrogens with zero attached hydrogens (tertiary/aromatic N) is 3. The van der Waals surface area contributed by atoms with Crippen LogP contribution in [0.15, 0.2) is 120 Å². The molecule has 5 aromatic rings. The Hall–Kier alpha value is -6.43. The summed E-state index contributed by atoms with van der Waals surface area (Å²) in [6.07, 6.45) is 0.389. The number of likely N-dealkylation sites (N-methyl/N-ethyl adjacent to an activating group) is 2. The van der Waals surface area contributed by atoms with Crippen LogP contribution < -0.4 is 29.9 Å². The van der Waals surface area contributed by atoms with E-state index in [1.165, 1.54) is 15.9 Å². The van der Waals surface area contributed by atoms with E-state index in [-0.39, 0.29) is 36.1 Å². The van der Waals surface area contributed by atoms with Crippen LogP contribution in [0.4, 0.5) is 11.4 Å². The Morgan fingerprint density at radius 2 is 1.04 bits per heavy atom. The molecular weight excluding hydrogens is 650 g/mol. The first kappa shape index (κ1) is 35.9. The molecule has 2 atom stereocenters. The second-order valence-electron chi connectivity index (χ2n) is 11.7. The number of ether oxygens (including phenoxy) is 2. The van der Waals surface area contributed by atoms with Gasteiger partial charge in [0.15, 0.2) is 5.69 Å². The smallest absolute Gasteiger partial charge is 0.290 e. The third-order valence-corrected chi connectivity index (χ3v) is 8.32. The highest BCUT2D eigenvalue weighted by Gasteiger charge is 2.30. The number of rotatable bonds is 14. The van der Waals surface area contributed by atoms with Gasteiger partial charge >= 0.3 is 0 Å². The van der Waals surface area contributed by atoms with Crippen LogP contribution in [0.1, 0.15) is 32.2 Å². The quantitative estimate of drug-likeness (QED) is 0.171. The molecule has 0 aliphatic heterocycles. The molecule has 0 saturated carbocycles. The first-order valence-electron chi connectivity index (χ1n) is 16.2. The zero-order valence-corrected chi connectivity index (χ0v) is 28.7. The van der Waals surface area contributed by atoms with Gasteiger partial charge in [0, 0.05) is 44.4 Å². The van der Waals surface area contributed by atoms with Crippen LogP contribution in [0.3, 0.4) is 0 Å². The molecule has 262 valence electrons. The monoisotopic (exact) mass is 689 g/mol. The minimum absolute atomic E-state index is 0.193. The fourth-order valence-electron chi connectivity index (χ4n) is 5.38. The van der Waals surface area contributed by atoms with Gasteiger partial charge in [0.2, 0.25) is 17.6 Å². The molecule has 5 rings (SSSR count). The summed E-state index contributed by atoms with van der Waals surface area (Å²) >= 11 is 0. The highest BCUT2D eigenvalue weighted by molar-refractivity contribution is 6.04. The molecular formula is C39H39N5O7. The summed E-state index contributed by atoms with van der Waals surface area (Å²) in [5.41, 5.74) is 2.65. The third-order valence-electron chi connectivity index (χ3n) is 8.32. The van der Waals surface area contributed by atoms with Gasteiger partial charge in [-0.2, -0.15) is 0 Å². The minimum Gasteiger partial charge on any atom is -0.497 e. The van der Waals surface area contributed by atoms with Crippen LogP contribution in [0, 0.1) is 0 Å². The van der Waals surface area contributed by atoms with Gasteiger partial charge < -0.3 is 34.4 Å². The maximum atomic E-state index is 13.7. The molecule has 0 radical (unpaired) electrons. The summed E-state index contributed by atoms with van der Waals surface area (Å²) in [5.74, 6) is -1.21. The number of hydrogen-bond donors (Lipinski definition) is 2. The highest BCUT2D eigenvalue weighted by atomic mass is 16.5. The number of carbonyl (C=O) groups is 4. The topological polar surface area (TPSA) is 143 Å². The van der Waals surface area contributed by atoms with Crippen LogP contribution >= 0.6 is 0 Å². The zero-order valence-electron chi connectivity index (χ0n) is 28.7. The Bertz CT molecular complexity index is 1790. The number of aromatic nitrogens is 1. The minimum atomic E-state index is -0.990. The van der Waals surface area contributed by atoms with Crippen molar-refractivity contribution in [2.24, 2.45) is 0 Å². The van der Waals surface area contributed by atoms with Crippen LogP contribution in [-0.2, 0) is 22.4 Å². The Morgan fingerprint density at radius 1 is 0.627 bits per heavy atom. The molecule has 12 nitrogen and oxygen atoms in total. The van der Waals surface area contributed by atoms with E-state index in [9.17, 15) is 19.2 Å². The average molecular weight is 690 g/mol. The molecule has 12 heteroatoms. The van der Waals surface area contributed by atoms with E-state index in [0.717, 1.165) is 11.1 Å². The van der Waals surface area contributed by atoms with E-state index >= 15 is 0 Å². The van der Waals surface area contributed by atoms with Crippen molar-refractivity contribution in [2.45, 2.75) is 24.9 Å². The van der Waals surface area contributed by atoms with E-state index in [4.69, 9.17) is 14.0 Å². The van der Waals surface area contributed by atoms with Gasteiger partial charge in [0.1, 0.15) is 23.6 Å². The summed E-state index contributed by atoms with van der Waals surface area (Å²) in [4.78, 5) is 57.3. The van der Waals surface area contributed by atoms with Crippen molar-refractivity contribution in [1.82, 2.24) is 15.8 Å². The molecule has 0 spiro atoms. The number of carbonyl (C=O) groups excluding carboxylic acids is 4. The number of hydrogen-bond acceptors (Lipinski definition) is 8. The zero-order chi connectivity index (χ0) is 36.3. The molecule has 1 aromatic heterocycles. The summed E-state index contributed by atoms with van der Waals surface area (Å²) in [5, 5.41) is 9.33. The van der Waals surface area contributed by atoms with E-state index in [0.29, 0.717) is 22.9 Å². The van der Waals surface area contributed by atoms with Gasteiger partial charge in [-0.3, -0.25) is 19.2 Å². The molecule has 4 amide bonds. The molecule has 0 bridgehead atoms. The predicted molar refractivity (Wildman–Crippen MR) is 192 cm³/mol. The lowest BCUT2D eigenvalue weighted by molar-refractivity contribution is -0.120.